The maximum Gasteiger partial charge on any atom is 0.246 e. The average Bonchev–Trinajstić information content (AvgIpc) is 2.79. The van der Waals surface area contributed by atoms with E-state index >= 15 is 0 Å². The van der Waals surface area contributed by atoms with Gasteiger partial charge in [0.25, 0.3) is 0 Å². The van der Waals surface area contributed by atoms with Crippen molar-refractivity contribution in [3.63, 3.8) is 0 Å². The molecule has 0 aromatic heterocycles. The summed E-state index contributed by atoms with van der Waals surface area (Å²) in [5.74, 6) is -0.0642. The molecule has 1 aliphatic heterocycles. The lowest BCUT2D eigenvalue weighted by atomic mass is 10.1. The molecule has 1 atom stereocenters. The molecule has 166 valence electrons. The minimum absolute atomic E-state index is 0.197. The van der Waals surface area contributed by atoms with Crippen molar-refractivity contribution < 1.29 is 18.7 Å². The third kappa shape index (κ3) is 6.26. The second kappa shape index (κ2) is 10.9. The van der Waals surface area contributed by atoms with E-state index in [1.807, 2.05) is 30.3 Å². The predicted octanol–water partition coefficient (Wildman–Crippen LogP) is 1.56. The van der Waals surface area contributed by atoms with E-state index in [2.05, 4.69) is 20.4 Å². The summed E-state index contributed by atoms with van der Waals surface area (Å²) in [7, 11) is 3.13. The lowest BCUT2D eigenvalue weighted by Gasteiger charge is -2.34. The van der Waals surface area contributed by atoms with Gasteiger partial charge in [-0.2, -0.15) is 0 Å². The highest BCUT2D eigenvalue weighted by molar-refractivity contribution is 5.89. The highest BCUT2D eigenvalue weighted by Gasteiger charge is 2.24. The number of hydrogen-bond donors (Lipinski definition) is 2. The molecule has 2 amide bonds. The number of amides is 2. The molecule has 2 aromatic rings. The highest BCUT2D eigenvalue weighted by atomic mass is 19.1. The first-order valence-electron chi connectivity index (χ1n) is 10.3. The summed E-state index contributed by atoms with van der Waals surface area (Å²) < 4.78 is 18.9. The largest absolute Gasteiger partial charge is 0.496 e. The predicted molar refractivity (Wildman–Crippen MR) is 116 cm³/mol. The van der Waals surface area contributed by atoms with Crippen LogP contribution < -0.4 is 15.4 Å². The number of ether oxygens (including phenoxy) is 1. The molecular formula is C23H29FN4O3. The van der Waals surface area contributed by atoms with Gasteiger partial charge in [0.05, 0.1) is 13.7 Å². The Kier molecular flexibility index (Phi) is 7.97. The zero-order valence-electron chi connectivity index (χ0n) is 17.9. The van der Waals surface area contributed by atoms with Crippen LogP contribution in [0.15, 0.2) is 48.5 Å². The second-order valence-electron chi connectivity index (χ2n) is 7.53. The van der Waals surface area contributed by atoms with Crippen molar-refractivity contribution in [1.82, 2.24) is 20.4 Å². The Labute approximate surface area is 182 Å². The van der Waals surface area contributed by atoms with E-state index in [4.69, 9.17) is 4.74 Å². The molecule has 7 nitrogen and oxygen atoms in total. The minimum atomic E-state index is -0.722. The number of nitrogens with zero attached hydrogens (tertiary/aromatic N) is 2. The van der Waals surface area contributed by atoms with Crippen LogP contribution in [-0.4, -0.2) is 68.5 Å². The van der Waals surface area contributed by atoms with Crippen molar-refractivity contribution in [3.05, 3.63) is 65.5 Å². The standard InChI is InChI=1S/C23H29FN4O3/c1-25-23(30)22(17-6-4-3-5-7-17)26-21(29)16-28-12-10-27(11-13-28)15-18-14-19(24)8-9-20(18)31-2/h3-9,14,22H,10-13,15-16H2,1-2H3,(H,25,30)(H,26,29). The van der Waals surface area contributed by atoms with Gasteiger partial charge in [0.1, 0.15) is 17.6 Å². The summed E-state index contributed by atoms with van der Waals surface area (Å²) >= 11 is 0. The molecule has 1 heterocycles. The summed E-state index contributed by atoms with van der Waals surface area (Å²) in [6, 6.07) is 13.0. The lowest BCUT2D eigenvalue weighted by Crippen LogP contribution is -2.50. The van der Waals surface area contributed by atoms with Crippen molar-refractivity contribution in [2.24, 2.45) is 0 Å². The Morgan fingerprint density at radius 3 is 2.39 bits per heavy atom. The van der Waals surface area contributed by atoms with Crippen LogP contribution in [0.25, 0.3) is 0 Å². The maximum atomic E-state index is 13.6. The molecule has 0 spiro atoms. The first kappa shape index (κ1) is 22.7. The average molecular weight is 429 g/mol. The SMILES string of the molecule is CNC(=O)C(NC(=O)CN1CCN(Cc2cc(F)ccc2OC)CC1)c1ccccc1. The van der Waals surface area contributed by atoms with E-state index in [0.717, 1.165) is 24.2 Å². The monoisotopic (exact) mass is 428 g/mol. The highest BCUT2D eigenvalue weighted by Crippen LogP contribution is 2.21. The molecule has 8 heteroatoms. The van der Waals surface area contributed by atoms with Gasteiger partial charge in [-0.1, -0.05) is 30.3 Å². The zero-order chi connectivity index (χ0) is 22.2. The van der Waals surface area contributed by atoms with Crippen LogP contribution in [0, 0.1) is 5.82 Å². The zero-order valence-corrected chi connectivity index (χ0v) is 17.9. The molecule has 1 aliphatic rings. The number of benzene rings is 2. The summed E-state index contributed by atoms with van der Waals surface area (Å²) in [6.45, 7) is 3.74. The fourth-order valence-electron chi connectivity index (χ4n) is 3.72. The number of rotatable bonds is 8. The fraction of sp³-hybridized carbons (Fsp3) is 0.391. The normalized spacial score (nSPS) is 15.8. The van der Waals surface area contributed by atoms with Crippen molar-refractivity contribution in [2.45, 2.75) is 12.6 Å². The number of methoxy groups -OCH3 is 1. The first-order chi connectivity index (χ1) is 15.0. The number of piperazine rings is 1. The van der Waals surface area contributed by atoms with E-state index in [1.54, 1.807) is 20.2 Å². The minimum Gasteiger partial charge on any atom is -0.496 e. The smallest absolute Gasteiger partial charge is 0.246 e. The first-order valence-corrected chi connectivity index (χ1v) is 10.3. The number of nitrogens with one attached hydrogen (secondary N) is 2. The van der Waals surface area contributed by atoms with Crippen molar-refractivity contribution in [3.8, 4) is 5.75 Å². The molecule has 31 heavy (non-hydrogen) atoms. The third-order valence-corrected chi connectivity index (χ3v) is 5.42. The Balaban J connectivity index is 1.51. The number of likely N-dealkylation sites (N-methyl/N-ethyl adjacent to an activating group) is 1. The molecule has 0 radical (unpaired) electrons. The number of carbonyl (C=O) groups excluding carboxylic acids is 2. The van der Waals surface area contributed by atoms with Gasteiger partial charge in [-0.15, -0.1) is 0 Å². The quantitative estimate of drug-likeness (QED) is 0.668. The third-order valence-electron chi connectivity index (χ3n) is 5.42. The lowest BCUT2D eigenvalue weighted by molar-refractivity contribution is -0.129. The summed E-state index contributed by atoms with van der Waals surface area (Å²) in [4.78, 5) is 29.1. The van der Waals surface area contributed by atoms with Crippen LogP contribution >= 0.6 is 0 Å². The van der Waals surface area contributed by atoms with Crippen LogP contribution in [0.1, 0.15) is 17.2 Å². The van der Waals surface area contributed by atoms with Crippen molar-refractivity contribution >= 4 is 11.8 Å². The van der Waals surface area contributed by atoms with Gasteiger partial charge in [-0.05, 0) is 23.8 Å². The van der Waals surface area contributed by atoms with Gasteiger partial charge in [0.2, 0.25) is 11.8 Å². The Morgan fingerprint density at radius 2 is 1.74 bits per heavy atom. The number of halogens is 1. The van der Waals surface area contributed by atoms with Gasteiger partial charge < -0.3 is 15.4 Å². The molecule has 2 N–H and O–H groups in total. The van der Waals surface area contributed by atoms with E-state index in [0.29, 0.717) is 25.4 Å². The van der Waals surface area contributed by atoms with Gasteiger partial charge in [-0.25, -0.2) is 4.39 Å². The van der Waals surface area contributed by atoms with E-state index < -0.39 is 6.04 Å². The van der Waals surface area contributed by atoms with E-state index in [1.165, 1.54) is 12.1 Å². The van der Waals surface area contributed by atoms with Crippen LogP contribution in [0.4, 0.5) is 4.39 Å². The van der Waals surface area contributed by atoms with Gasteiger partial charge in [0, 0.05) is 45.3 Å². The second-order valence-corrected chi connectivity index (χ2v) is 7.53. The van der Waals surface area contributed by atoms with Gasteiger partial charge in [0.15, 0.2) is 0 Å². The van der Waals surface area contributed by atoms with Crippen molar-refractivity contribution in [1.29, 1.82) is 0 Å². The van der Waals surface area contributed by atoms with Crippen molar-refractivity contribution in [2.75, 3.05) is 46.9 Å². The van der Waals surface area contributed by atoms with Crippen LogP contribution in [0.2, 0.25) is 0 Å². The molecule has 0 saturated carbocycles. The molecule has 2 aromatic carbocycles. The summed E-state index contributed by atoms with van der Waals surface area (Å²) in [5.41, 5.74) is 1.55. The maximum absolute atomic E-state index is 13.6. The molecule has 0 aliphatic carbocycles. The molecule has 1 unspecified atom stereocenters. The van der Waals surface area contributed by atoms with Crippen LogP contribution in [0.3, 0.4) is 0 Å². The fourth-order valence-corrected chi connectivity index (χ4v) is 3.72. The number of hydrogen-bond acceptors (Lipinski definition) is 5. The van der Waals surface area contributed by atoms with E-state index in [-0.39, 0.29) is 24.2 Å². The van der Waals surface area contributed by atoms with Crippen LogP contribution in [-0.2, 0) is 16.1 Å². The Hall–Kier alpha value is -2.97. The van der Waals surface area contributed by atoms with Gasteiger partial charge >= 0.3 is 0 Å². The molecule has 3 rings (SSSR count). The Morgan fingerprint density at radius 1 is 1.06 bits per heavy atom. The summed E-state index contributed by atoms with van der Waals surface area (Å²) in [5, 5.41) is 5.44. The molecular weight excluding hydrogens is 399 g/mol. The topological polar surface area (TPSA) is 73.9 Å². The van der Waals surface area contributed by atoms with Crippen LogP contribution in [0.5, 0.6) is 5.75 Å². The van der Waals surface area contributed by atoms with Gasteiger partial charge in [-0.3, -0.25) is 19.4 Å². The van der Waals surface area contributed by atoms with E-state index in [9.17, 15) is 14.0 Å². The molecule has 1 fully saturated rings. The number of carbonyl (C=O) groups is 2. The molecule has 1 saturated heterocycles. The molecule has 0 bridgehead atoms. The summed E-state index contributed by atoms with van der Waals surface area (Å²) in [6.07, 6.45) is 0. The Bertz CT molecular complexity index is 886.